The number of carbonyl (C=O) groups excluding carboxylic acids is 4. The van der Waals surface area contributed by atoms with Gasteiger partial charge in [-0.2, -0.15) is 5.10 Å². The number of aryl methyl sites for hydroxylation is 2. The van der Waals surface area contributed by atoms with Crippen molar-refractivity contribution in [1.29, 1.82) is 0 Å². The smallest absolute Gasteiger partial charge is 0.242 e. The number of fused-ring (bicyclic) bond motifs is 6. The van der Waals surface area contributed by atoms with Gasteiger partial charge >= 0.3 is 0 Å². The molecule has 3 aromatic carbocycles. The minimum atomic E-state index is -1.25. The van der Waals surface area contributed by atoms with Crippen LogP contribution in [-0.2, 0) is 39.2 Å². The van der Waals surface area contributed by atoms with Crippen LogP contribution < -0.4 is 9.64 Å². The first-order valence-electron chi connectivity index (χ1n) is 21.5. The number of ether oxygens (including phenoxy) is 1. The lowest BCUT2D eigenvalue weighted by Gasteiger charge is -2.50. The normalized spacial score (nSPS) is 27.5. The second-order valence-electron chi connectivity index (χ2n) is 18.2. The van der Waals surface area contributed by atoms with Crippen LogP contribution in [0.1, 0.15) is 49.3 Å². The van der Waals surface area contributed by atoms with Crippen molar-refractivity contribution < 1.29 is 29.0 Å². The van der Waals surface area contributed by atoms with E-state index in [4.69, 9.17) is 21.4 Å². The summed E-state index contributed by atoms with van der Waals surface area (Å²) in [6, 6.07) is 22.7. The maximum atomic E-state index is 15.4. The quantitative estimate of drug-likeness (QED) is 0.134. The molecule has 5 aromatic rings. The molecule has 2 aromatic heterocycles. The van der Waals surface area contributed by atoms with Crippen molar-refractivity contribution in [2.24, 2.45) is 42.1 Å². The van der Waals surface area contributed by atoms with Gasteiger partial charge in [0, 0.05) is 66.4 Å². The number of carbonyl (C=O) groups is 4. The fourth-order valence-electron chi connectivity index (χ4n) is 11.8. The summed E-state index contributed by atoms with van der Waals surface area (Å²) in [6.07, 6.45) is 6.21. The highest BCUT2D eigenvalue weighted by atomic mass is 35.5. The van der Waals surface area contributed by atoms with E-state index in [-0.39, 0.29) is 41.8 Å². The third kappa shape index (κ3) is 5.89. The second-order valence-corrected chi connectivity index (χ2v) is 19.7. The molecule has 0 spiro atoms. The molecule has 13 heteroatoms. The summed E-state index contributed by atoms with van der Waals surface area (Å²) in [7, 11) is 1.75. The van der Waals surface area contributed by atoms with Crippen LogP contribution in [-0.4, -0.2) is 67.4 Å². The Bertz CT molecular complexity index is 2800. The molecule has 11 rings (SSSR count). The highest BCUT2D eigenvalue weighted by Gasteiger charge is 2.68. The average Bonchev–Trinajstić information content (AvgIpc) is 3.94. The van der Waals surface area contributed by atoms with Crippen LogP contribution in [0.4, 0.5) is 5.82 Å². The number of benzene rings is 3. The zero-order chi connectivity index (χ0) is 42.8. The number of amides is 4. The van der Waals surface area contributed by atoms with E-state index in [9.17, 15) is 14.7 Å². The van der Waals surface area contributed by atoms with Gasteiger partial charge in [0.25, 0.3) is 0 Å². The first-order valence-corrected chi connectivity index (χ1v) is 22.7. The van der Waals surface area contributed by atoms with Gasteiger partial charge in [0.05, 0.1) is 34.3 Å². The van der Waals surface area contributed by atoms with Gasteiger partial charge in [-0.3, -0.25) is 33.7 Å². The third-order valence-electron chi connectivity index (χ3n) is 14.8. The maximum Gasteiger partial charge on any atom is 0.242 e. The zero-order valence-electron chi connectivity index (χ0n) is 34.7. The number of likely N-dealkylation sites (tertiary alicyclic amines) is 2. The summed E-state index contributed by atoms with van der Waals surface area (Å²) >= 11 is 7.95. The van der Waals surface area contributed by atoms with E-state index in [2.05, 4.69) is 23.1 Å². The van der Waals surface area contributed by atoms with E-state index in [1.165, 1.54) is 10.5 Å². The average molecular weight is 868 g/mol. The Labute approximate surface area is 368 Å². The van der Waals surface area contributed by atoms with Crippen molar-refractivity contribution in [1.82, 2.24) is 19.6 Å². The molecule has 1 saturated carbocycles. The second kappa shape index (κ2) is 14.5. The number of halogens is 1. The van der Waals surface area contributed by atoms with Crippen molar-refractivity contribution >= 4 is 62.5 Å². The predicted octanol–water partition coefficient (Wildman–Crippen LogP) is 8.22. The van der Waals surface area contributed by atoms with Crippen LogP contribution >= 0.6 is 22.9 Å². The molecule has 316 valence electrons. The lowest BCUT2D eigenvalue weighted by Crippen LogP contribution is -2.51. The van der Waals surface area contributed by atoms with Gasteiger partial charge in [-0.15, -0.1) is 11.3 Å². The molecule has 1 N–H and O–H groups in total. The molecule has 3 saturated heterocycles. The molecule has 4 fully saturated rings. The number of hydrogen-bond donors (Lipinski definition) is 1. The molecule has 11 nitrogen and oxygen atoms in total. The monoisotopic (exact) mass is 867 g/mol. The Morgan fingerprint density at radius 3 is 2.53 bits per heavy atom. The van der Waals surface area contributed by atoms with Gasteiger partial charge in [0.1, 0.15) is 23.0 Å². The van der Waals surface area contributed by atoms with Crippen molar-refractivity contribution in [3.63, 3.8) is 0 Å². The fraction of sp³-hybridized carbons (Fsp3) is 0.367. The summed E-state index contributed by atoms with van der Waals surface area (Å²) in [5.41, 5.74) is 4.12. The van der Waals surface area contributed by atoms with E-state index < -0.39 is 35.0 Å². The van der Waals surface area contributed by atoms with Gasteiger partial charge < -0.3 is 9.84 Å². The van der Waals surface area contributed by atoms with Crippen molar-refractivity contribution in [2.75, 3.05) is 18.0 Å². The summed E-state index contributed by atoms with van der Waals surface area (Å²) in [4.78, 5) is 66.0. The van der Waals surface area contributed by atoms with E-state index in [1.54, 1.807) is 52.4 Å². The van der Waals surface area contributed by atoms with Crippen molar-refractivity contribution in [2.45, 2.75) is 58.5 Å². The summed E-state index contributed by atoms with van der Waals surface area (Å²) in [5, 5.41) is 17.0. The van der Waals surface area contributed by atoms with Gasteiger partial charge in [0.2, 0.25) is 23.6 Å². The largest absolute Gasteiger partial charge is 0.508 e. The molecule has 2 aliphatic carbocycles. The molecule has 62 heavy (non-hydrogen) atoms. The number of thiophene rings is 1. The zero-order valence-corrected chi connectivity index (χ0v) is 36.3. The molecule has 6 atom stereocenters. The van der Waals surface area contributed by atoms with Gasteiger partial charge in [-0.1, -0.05) is 53.6 Å². The number of piperidine rings is 1. The number of imide groups is 2. The topological polar surface area (TPSA) is 125 Å². The number of phenols is 1. The molecule has 4 amide bonds. The van der Waals surface area contributed by atoms with Crippen LogP contribution in [0, 0.1) is 41.9 Å². The molecule has 0 radical (unpaired) electrons. The summed E-state index contributed by atoms with van der Waals surface area (Å²) in [6.45, 7) is 6.30. The molecule has 4 aliphatic heterocycles. The Morgan fingerprint density at radius 2 is 1.74 bits per heavy atom. The van der Waals surface area contributed by atoms with Gasteiger partial charge in [-0.25, -0.2) is 4.90 Å². The lowest BCUT2D eigenvalue weighted by atomic mass is 9.51. The standard InChI is InChI=1S/C49H46ClN5O6S/c1-26-35-21-30(50)9-14-40(35)62-44(26)38-23-41(52(3)51-38)55-46(58)37-22-36-33(43(49(37,2)48(55)60)29-19-28-20-32(56)10-13-39(28)61-25-29)11-12-34-42(36)47(59)54(45(34)57)31-15-17-53(18-16-31)24-27-7-5-4-6-8-27/h4-11,13-14,20-21,23,25,31,34,36-37,42-43,56H,12,15-19,22,24H2,1-3H3. The molecule has 6 aliphatic rings. The van der Waals surface area contributed by atoms with Gasteiger partial charge in [-0.05, 0) is 104 Å². The Kier molecular flexibility index (Phi) is 9.19. The number of nitrogens with zero attached hydrogens (tertiary/aromatic N) is 5. The summed E-state index contributed by atoms with van der Waals surface area (Å²) in [5.74, 6) is -2.88. The molecular weight excluding hydrogens is 822 g/mol. The Balaban J connectivity index is 0.943. The van der Waals surface area contributed by atoms with Crippen LogP contribution in [0.15, 0.2) is 96.3 Å². The van der Waals surface area contributed by atoms with Gasteiger partial charge in [0.15, 0.2) is 0 Å². The predicted molar refractivity (Wildman–Crippen MR) is 236 cm³/mol. The minimum Gasteiger partial charge on any atom is -0.508 e. The number of aromatic hydroxyl groups is 1. The number of anilines is 1. The number of allylic oxidation sites excluding steroid dienone is 3. The number of phenolic OH excluding ortho intramolecular Hbond substituents is 1. The van der Waals surface area contributed by atoms with E-state index in [0.29, 0.717) is 48.0 Å². The van der Waals surface area contributed by atoms with Crippen molar-refractivity contribution in [3.8, 4) is 22.1 Å². The molecule has 6 unspecified atom stereocenters. The molecule has 0 bridgehead atoms. The van der Waals surface area contributed by atoms with E-state index >= 15 is 9.59 Å². The van der Waals surface area contributed by atoms with E-state index in [0.717, 1.165) is 56.9 Å². The van der Waals surface area contributed by atoms with Crippen LogP contribution in [0.5, 0.6) is 11.5 Å². The Morgan fingerprint density at radius 1 is 0.952 bits per heavy atom. The van der Waals surface area contributed by atoms with E-state index in [1.807, 2.05) is 56.3 Å². The maximum absolute atomic E-state index is 15.4. The van der Waals surface area contributed by atoms with Crippen molar-refractivity contribution in [3.05, 3.63) is 118 Å². The highest BCUT2D eigenvalue weighted by molar-refractivity contribution is 7.22. The highest BCUT2D eigenvalue weighted by Crippen LogP contribution is 2.63. The number of rotatable bonds is 6. The minimum absolute atomic E-state index is 0.0993. The fourth-order valence-corrected chi connectivity index (χ4v) is 13.2. The first kappa shape index (κ1) is 39.3. The van der Waals surface area contributed by atoms with Crippen LogP contribution in [0.25, 0.3) is 20.7 Å². The summed E-state index contributed by atoms with van der Waals surface area (Å²) < 4.78 is 8.87. The molecule has 6 heterocycles. The molecular formula is C49H46ClN5O6S. The third-order valence-corrected chi connectivity index (χ3v) is 16.4. The van der Waals surface area contributed by atoms with Crippen LogP contribution in [0.2, 0.25) is 5.02 Å². The Hall–Kier alpha value is -5.56. The first-order chi connectivity index (χ1) is 29.9. The number of hydrogen-bond acceptors (Lipinski definition) is 9. The number of aromatic nitrogens is 2. The SMILES string of the molecule is Cc1c(-c2cc(N3C(=O)C4CC5C(=CCC6C(=O)N(C7CCN(Cc8ccccc8)CC7)C(=O)C65)C(C5=COc6ccc(O)cc6C5)C4(C)C3=O)n(C)n2)sc2ccc(Cl)cc12. The van der Waals surface area contributed by atoms with Crippen LogP contribution in [0.3, 0.4) is 0 Å². The lowest BCUT2D eigenvalue weighted by molar-refractivity contribution is -0.144.